The summed E-state index contributed by atoms with van der Waals surface area (Å²) < 4.78 is 6.72. The van der Waals surface area contributed by atoms with Crippen LogP contribution >= 0.6 is 0 Å². The maximum atomic E-state index is 12.2. The van der Waals surface area contributed by atoms with Gasteiger partial charge in [0.2, 0.25) is 0 Å². The average Bonchev–Trinajstić information content (AvgIpc) is 2.49. The quantitative estimate of drug-likeness (QED) is 0.626. The van der Waals surface area contributed by atoms with E-state index in [1.807, 2.05) is 6.07 Å². The molecule has 0 bridgehead atoms. The van der Waals surface area contributed by atoms with Gasteiger partial charge in [0.25, 0.3) is 0 Å². The Labute approximate surface area is 127 Å². The summed E-state index contributed by atoms with van der Waals surface area (Å²) in [6.45, 7) is 4.30. The second-order valence-electron chi connectivity index (χ2n) is 6.28. The van der Waals surface area contributed by atoms with Gasteiger partial charge in [-0.25, -0.2) is 0 Å². The van der Waals surface area contributed by atoms with Crippen LogP contribution in [0.3, 0.4) is 0 Å². The van der Waals surface area contributed by atoms with Crippen molar-refractivity contribution in [2.75, 3.05) is 0 Å². The molecule has 0 spiro atoms. The molecule has 0 unspecified atom stereocenters. The van der Waals surface area contributed by atoms with E-state index in [0.717, 1.165) is 0 Å². The zero-order valence-electron chi connectivity index (χ0n) is 12.2. The van der Waals surface area contributed by atoms with Gasteiger partial charge < -0.3 is 0 Å². The molecular weight excluding hydrogens is 315 g/mol. The van der Waals surface area contributed by atoms with Crippen LogP contribution in [0.15, 0.2) is 30.3 Å². The number of rotatable bonds is 3. The van der Waals surface area contributed by atoms with E-state index in [2.05, 4.69) is 38.1 Å². The first-order valence-corrected chi connectivity index (χ1v) is 9.25. The molecule has 2 aliphatic rings. The molecule has 2 fully saturated rings. The molecule has 1 aliphatic heterocycles. The molecule has 1 aromatic carbocycles. The summed E-state index contributed by atoms with van der Waals surface area (Å²) in [4.78, 5) is 12.2. The van der Waals surface area contributed by atoms with Crippen molar-refractivity contribution in [3.05, 3.63) is 30.3 Å². The molecule has 0 N–H and O–H groups in total. The molecule has 0 aromatic heterocycles. The van der Waals surface area contributed by atoms with Crippen molar-refractivity contribution < 1.29 is 9.53 Å². The number of ether oxygens (including phenoxy) is 1. The second kappa shape index (κ2) is 5.20. The summed E-state index contributed by atoms with van der Waals surface area (Å²) in [5.74, 6) is 0.555. The summed E-state index contributed by atoms with van der Waals surface area (Å²) in [7, 11) is 0. The van der Waals surface area contributed by atoms with Crippen LogP contribution in [0.2, 0.25) is 4.31 Å². The molecule has 1 heterocycles. The molecule has 2 nitrogen and oxygen atoms in total. The Morgan fingerprint density at radius 3 is 2.35 bits per heavy atom. The fourth-order valence-corrected chi connectivity index (χ4v) is 6.27. The average molecular weight is 337 g/mol. The Morgan fingerprint density at radius 2 is 1.75 bits per heavy atom. The van der Waals surface area contributed by atoms with Crippen molar-refractivity contribution in [3.8, 4) is 0 Å². The molecule has 1 saturated heterocycles. The predicted octanol–water partition coefficient (Wildman–Crippen LogP) is 3.09. The van der Waals surface area contributed by atoms with E-state index in [-0.39, 0.29) is 30.8 Å². The normalized spacial score (nSPS) is 34.4. The maximum absolute atomic E-state index is 12.2. The van der Waals surface area contributed by atoms with Crippen LogP contribution in [0.1, 0.15) is 46.0 Å². The van der Waals surface area contributed by atoms with Crippen molar-refractivity contribution in [1.29, 1.82) is 0 Å². The minimum atomic E-state index is -0.302. The first-order chi connectivity index (χ1) is 9.56. The molecule has 1 saturated carbocycles. The molecule has 1 aliphatic carbocycles. The molecule has 0 radical (unpaired) electrons. The molecule has 0 amide bonds. The molecule has 108 valence electrons. The minimum absolute atomic E-state index is 0.00873. The van der Waals surface area contributed by atoms with Crippen LogP contribution in [-0.2, 0) is 9.53 Å². The van der Waals surface area contributed by atoms with Crippen LogP contribution in [0, 0.1) is 5.92 Å². The van der Waals surface area contributed by atoms with E-state index in [1.165, 1.54) is 36.6 Å². The monoisotopic (exact) mass is 338 g/mol. The number of cyclic esters (lactones) is 1. The Hall–Kier alpha value is -0.791. The fourth-order valence-electron chi connectivity index (χ4n) is 3.54. The number of esters is 1. The molecule has 3 rings (SSSR count). The van der Waals surface area contributed by atoms with Crippen molar-refractivity contribution >= 4 is 25.4 Å². The van der Waals surface area contributed by atoms with Gasteiger partial charge in [-0.2, -0.15) is 0 Å². The molecule has 20 heavy (non-hydrogen) atoms. The van der Waals surface area contributed by atoms with Gasteiger partial charge in [-0.1, -0.05) is 0 Å². The summed E-state index contributed by atoms with van der Waals surface area (Å²) in [6.07, 6.45) is 6.33. The molecular formula is C17H22O2Se. The number of benzene rings is 1. The first kappa shape index (κ1) is 14.2. The Morgan fingerprint density at radius 1 is 1.10 bits per heavy atom. The number of hydrogen-bond acceptors (Lipinski definition) is 2. The van der Waals surface area contributed by atoms with E-state index in [1.54, 1.807) is 0 Å². The van der Waals surface area contributed by atoms with Gasteiger partial charge in [0.15, 0.2) is 0 Å². The van der Waals surface area contributed by atoms with Gasteiger partial charge in [0, 0.05) is 0 Å². The number of carbonyl (C=O) groups is 1. The van der Waals surface area contributed by atoms with Crippen LogP contribution < -0.4 is 4.46 Å². The SMILES string of the molecule is C[C@@]1(C2CCCCC2)OC(=O)[C@@]1(C)[Se]c1ccccc1. The van der Waals surface area contributed by atoms with Gasteiger partial charge in [0.1, 0.15) is 0 Å². The third-order valence-electron chi connectivity index (χ3n) is 5.09. The van der Waals surface area contributed by atoms with Crippen molar-refractivity contribution in [1.82, 2.24) is 0 Å². The third-order valence-corrected chi connectivity index (χ3v) is 8.21. The van der Waals surface area contributed by atoms with Crippen molar-refractivity contribution in [3.63, 3.8) is 0 Å². The van der Waals surface area contributed by atoms with E-state index in [0.29, 0.717) is 5.92 Å². The summed E-state index contributed by atoms with van der Waals surface area (Å²) in [6, 6.07) is 10.4. The van der Waals surface area contributed by atoms with Gasteiger partial charge in [0.05, 0.1) is 0 Å². The number of hydrogen-bond donors (Lipinski definition) is 0. The number of carbonyl (C=O) groups excluding carboxylic acids is 1. The Kier molecular flexibility index (Phi) is 3.68. The van der Waals surface area contributed by atoms with E-state index in [4.69, 9.17) is 4.74 Å². The standard InChI is InChI=1S/C17H22O2Se/c1-16(13-9-5-3-6-10-13)17(2,15(18)19-16)20-14-11-7-4-8-12-14/h4,7-8,11-13H,3,5-6,9-10H2,1-2H3/t16-,17+/m0/s1. The van der Waals surface area contributed by atoms with Gasteiger partial charge in [-0.3, -0.25) is 0 Å². The third kappa shape index (κ3) is 2.12. The molecule has 2 atom stereocenters. The summed E-state index contributed by atoms with van der Waals surface area (Å²) in [5.41, 5.74) is -0.250. The zero-order chi connectivity index (χ0) is 14.2. The van der Waals surface area contributed by atoms with Crippen molar-refractivity contribution in [2.24, 2.45) is 5.92 Å². The van der Waals surface area contributed by atoms with Crippen LogP contribution in [0.5, 0.6) is 0 Å². The Bertz CT molecular complexity index is 495. The van der Waals surface area contributed by atoms with E-state index < -0.39 is 0 Å². The van der Waals surface area contributed by atoms with E-state index >= 15 is 0 Å². The molecule has 1 aromatic rings. The van der Waals surface area contributed by atoms with Gasteiger partial charge in [-0.15, -0.1) is 0 Å². The van der Waals surface area contributed by atoms with E-state index in [9.17, 15) is 4.79 Å². The van der Waals surface area contributed by atoms with Gasteiger partial charge >= 0.3 is 127 Å². The summed E-state index contributed by atoms with van der Waals surface area (Å²) in [5, 5.41) is 0. The van der Waals surface area contributed by atoms with Crippen LogP contribution in [0.25, 0.3) is 0 Å². The van der Waals surface area contributed by atoms with Gasteiger partial charge in [-0.05, 0) is 0 Å². The first-order valence-electron chi connectivity index (χ1n) is 7.54. The van der Waals surface area contributed by atoms with Crippen molar-refractivity contribution in [2.45, 2.75) is 55.9 Å². The Balaban J connectivity index is 1.83. The topological polar surface area (TPSA) is 26.3 Å². The second-order valence-corrected chi connectivity index (χ2v) is 9.41. The van der Waals surface area contributed by atoms with Crippen LogP contribution in [0.4, 0.5) is 0 Å². The summed E-state index contributed by atoms with van der Waals surface area (Å²) >= 11 is 0.135. The predicted molar refractivity (Wildman–Crippen MR) is 81.3 cm³/mol. The molecule has 3 heteroatoms. The zero-order valence-corrected chi connectivity index (χ0v) is 13.9. The van der Waals surface area contributed by atoms with Crippen LogP contribution in [-0.4, -0.2) is 26.5 Å². The fraction of sp³-hybridized carbons (Fsp3) is 0.588.